The van der Waals surface area contributed by atoms with Gasteiger partial charge in [-0.25, -0.2) is 4.98 Å². The van der Waals surface area contributed by atoms with E-state index < -0.39 is 0 Å². The van der Waals surface area contributed by atoms with Crippen molar-refractivity contribution in [1.29, 1.82) is 0 Å². The van der Waals surface area contributed by atoms with E-state index in [4.69, 9.17) is 5.73 Å². The Balaban J connectivity index is 1.89. The maximum Gasteiger partial charge on any atom is 0.186 e. The number of fused-ring (bicyclic) bond motifs is 1. The molecule has 3 rings (SSSR count). The molecule has 1 aliphatic heterocycles. The van der Waals surface area contributed by atoms with Crippen molar-refractivity contribution >= 4 is 26.7 Å². The van der Waals surface area contributed by atoms with Crippen LogP contribution in [0.15, 0.2) is 24.3 Å². The number of thiazole rings is 1. The molecule has 1 atom stereocenters. The third kappa shape index (κ3) is 1.68. The Hall–Kier alpha value is -1.13. The molecule has 1 aliphatic rings. The average molecular weight is 233 g/mol. The van der Waals surface area contributed by atoms with Gasteiger partial charge in [-0.15, -0.1) is 0 Å². The lowest BCUT2D eigenvalue weighted by Crippen LogP contribution is -2.22. The molecule has 3 nitrogen and oxygen atoms in total. The third-order valence-corrected chi connectivity index (χ3v) is 4.27. The zero-order chi connectivity index (χ0) is 11.0. The van der Waals surface area contributed by atoms with E-state index in [0.717, 1.165) is 30.3 Å². The lowest BCUT2D eigenvalue weighted by molar-refractivity contribution is 0.602. The second-order valence-electron chi connectivity index (χ2n) is 4.30. The monoisotopic (exact) mass is 233 g/mol. The summed E-state index contributed by atoms with van der Waals surface area (Å²) in [6.07, 6.45) is 1.20. The SMILES string of the molecule is NCC1CCN(c2nc3ccccc3s2)C1. The van der Waals surface area contributed by atoms with Crippen LogP contribution in [0.5, 0.6) is 0 Å². The Labute approximate surface area is 98.9 Å². The van der Waals surface area contributed by atoms with Gasteiger partial charge in [-0.1, -0.05) is 23.5 Å². The highest BCUT2D eigenvalue weighted by Crippen LogP contribution is 2.31. The first-order valence-electron chi connectivity index (χ1n) is 5.67. The Morgan fingerprint density at radius 1 is 1.44 bits per heavy atom. The van der Waals surface area contributed by atoms with E-state index in [1.807, 2.05) is 6.07 Å². The van der Waals surface area contributed by atoms with E-state index in [9.17, 15) is 0 Å². The lowest BCUT2D eigenvalue weighted by atomic mass is 10.1. The van der Waals surface area contributed by atoms with Crippen molar-refractivity contribution in [1.82, 2.24) is 4.98 Å². The highest BCUT2D eigenvalue weighted by Gasteiger charge is 2.23. The molecule has 0 radical (unpaired) electrons. The summed E-state index contributed by atoms with van der Waals surface area (Å²) < 4.78 is 1.27. The fraction of sp³-hybridized carbons (Fsp3) is 0.417. The molecule has 84 valence electrons. The molecule has 0 amide bonds. The van der Waals surface area contributed by atoms with Crippen molar-refractivity contribution in [3.05, 3.63) is 24.3 Å². The normalized spacial score (nSPS) is 20.8. The van der Waals surface area contributed by atoms with Crippen LogP contribution < -0.4 is 10.6 Å². The number of anilines is 1. The Bertz CT molecular complexity index is 461. The first kappa shape index (κ1) is 10.1. The molecule has 4 heteroatoms. The van der Waals surface area contributed by atoms with Gasteiger partial charge in [0.2, 0.25) is 0 Å². The van der Waals surface area contributed by atoms with Crippen LogP contribution in [-0.2, 0) is 0 Å². The van der Waals surface area contributed by atoms with E-state index in [1.165, 1.54) is 11.1 Å². The number of nitrogens with two attached hydrogens (primary N) is 1. The van der Waals surface area contributed by atoms with E-state index in [2.05, 4.69) is 28.1 Å². The number of nitrogens with zero attached hydrogens (tertiary/aromatic N) is 2. The molecular weight excluding hydrogens is 218 g/mol. The van der Waals surface area contributed by atoms with Crippen LogP contribution in [0.3, 0.4) is 0 Å². The summed E-state index contributed by atoms with van der Waals surface area (Å²) in [5.74, 6) is 0.645. The van der Waals surface area contributed by atoms with Crippen LogP contribution in [0.1, 0.15) is 6.42 Å². The van der Waals surface area contributed by atoms with E-state index in [0.29, 0.717) is 5.92 Å². The van der Waals surface area contributed by atoms with Gasteiger partial charge in [0.05, 0.1) is 10.2 Å². The average Bonchev–Trinajstić information content (AvgIpc) is 2.95. The van der Waals surface area contributed by atoms with Gasteiger partial charge in [-0.2, -0.15) is 0 Å². The summed E-state index contributed by atoms with van der Waals surface area (Å²) in [4.78, 5) is 7.03. The van der Waals surface area contributed by atoms with Gasteiger partial charge >= 0.3 is 0 Å². The van der Waals surface area contributed by atoms with Crippen molar-refractivity contribution in [3.8, 4) is 0 Å². The van der Waals surface area contributed by atoms with Crippen molar-refractivity contribution in [2.75, 3.05) is 24.5 Å². The summed E-state index contributed by atoms with van der Waals surface area (Å²) in [6, 6.07) is 8.31. The molecule has 2 aromatic rings. The summed E-state index contributed by atoms with van der Waals surface area (Å²) in [7, 11) is 0. The number of para-hydroxylation sites is 1. The molecule has 2 heterocycles. The summed E-state index contributed by atoms with van der Waals surface area (Å²) in [6.45, 7) is 2.96. The standard InChI is InChI=1S/C12H15N3S/c13-7-9-5-6-15(8-9)12-14-10-3-1-2-4-11(10)16-12/h1-4,9H,5-8,13H2. The first-order chi connectivity index (χ1) is 7.86. The largest absolute Gasteiger partial charge is 0.348 e. The zero-order valence-corrected chi connectivity index (χ0v) is 9.91. The predicted molar refractivity (Wildman–Crippen MR) is 69.0 cm³/mol. The van der Waals surface area contributed by atoms with Crippen molar-refractivity contribution < 1.29 is 0 Å². The molecule has 1 aromatic carbocycles. The van der Waals surface area contributed by atoms with Gasteiger partial charge < -0.3 is 10.6 Å². The van der Waals surface area contributed by atoms with Crippen LogP contribution in [-0.4, -0.2) is 24.6 Å². The minimum Gasteiger partial charge on any atom is -0.348 e. The van der Waals surface area contributed by atoms with Crippen LogP contribution in [0.25, 0.3) is 10.2 Å². The molecule has 16 heavy (non-hydrogen) atoms. The number of hydrogen-bond acceptors (Lipinski definition) is 4. The first-order valence-corrected chi connectivity index (χ1v) is 6.49. The number of hydrogen-bond donors (Lipinski definition) is 1. The number of rotatable bonds is 2. The van der Waals surface area contributed by atoms with Crippen molar-refractivity contribution in [3.63, 3.8) is 0 Å². The van der Waals surface area contributed by atoms with Crippen molar-refractivity contribution in [2.24, 2.45) is 11.7 Å². The quantitative estimate of drug-likeness (QED) is 0.863. The lowest BCUT2D eigenvalue weighted by Gasteiger charge is -2.13. The molecule has 0 aliphatic carbocycles. The number of benzene rings is 1. The fourth-order valence-electron chi connectivity index (χ4n) is 2.19. The minimum atomic E-state index is 0.645. The van der Waals surface area contributed by atoms with Gasteiger partial charge in [0.15, 0.2) is 5.13 Å². The Morgan fingerprint density at radius 2 is 2.31 bits per heavy atom. The van der Waals surface area contributed by atoms with Gasteiger partial charge in [0.25, 0.3) is 0 Å². The molecule has 0 bridgehead atoms. The Kier molecular flexibility index (Phi) is 2.53. The van der Waals surface area contributed by atoms with Crippen LogP contribution in [0.2, 0.25) is 0 Å². The van der Waals surface area contributed by atoms with E-state index in [-0.39, 0.29) is 0 Å². The predicted octanol–water partition coefficient (Wildman–Crippen LogP) is 2.08. The summed E-state index contributed by atoms with van der Waals surface area (Å²) in [5, 5.41) is 1.15. The highest BCUT2D eigenvalue weighted by molar-refractivity contribution is 7.22. The maximum absolute atomic E-state index is 5.71. The van der Waals surface area contributed by atoms with Gasteiger partial charge in [-0.3, -0.25) is 0 Å². The van der Waals surface area contributed by atoms with Crippen molar-refractivity contribution in [2.45, 2.75) is 6.42 Å². The molecule has 1 fully saturated rings. The van der Waals surface area contributed by atoms with E-state index >= 15 is 0 Å². The van der Waals surface area contributed by atoms with Gasteiger partial charge in [0.1, 0.15) is 0 Å². The molecule has 1 saturated heterocycles. The molecule has 1 unspecified atom stereocenters. The molecule has 1 aromatic heterocycles. The molecule has 2 N–H and O–H groups in total. The molecule has 0 spiro atoms. The van der Waals surface area contributed by atoms with Gasteiger partial charge in [0, 0.05) is 13.1 Å². The second-order valence-corrected chi connectivity index (χ2v) is 5.31. The smallest absolute Gasteiger partial charge is 0.186 e. The fourth-order valence-corrected chi connectivity index (χ4v) is 3.19. The molecule has 0 saturated carbocycles. The van der Waals surface area contributed by atoms with Crippen LogP contribution >= 0.6 is 11.3 Å². The van der Waals surface area contributed by atoms with E-state index in [1.54, 1.807) is 11.3 Å². The third-order valence-electron chi connectivity index (χ3n) is 3.17. The topological polar surface area (TPSA) is 42.1 Å². The zero-order valence-electron chi connectivity index (χ0n) is 9.10. The maximum atomic E-state index is 5.71. The molecular formula is C12H15N3S. The second kappa shape index (κ2) is 4.03. The van der Waals surface area contributed by atoms with Gasteiger partial charge in [-0.05, 0) is 31.0 Å². The minimum absolute atomic E-state index is 0.645. The van der Waals surface area contributed by atoms with Crippen LogP contribution in [0, 0.1) is 5.92 Å². The summed E-state index contributed by atoms with van der Waals surface area (Å²) in [5.41, 5.74) is 6.82. The van der Waals surface area contributed by atoms with Crippen LogP contribution in [0.4, 0.5) is 5.13 Å². The Morgan fingerprint density at radius 3 is 3.06 bits per heavy atom. The highest BCUT2D eigenvalue weighted by atomic mass is 32.1. The number of aromatic nitrogens is 1. The summed E-state index contributed by atoms with van der Waals surface area (Å²) >= 11 is 1.78.